The van der Waals surface area contributed by atoms with E-state index in [2.05, 4.69) is 10.0 Å². The van der Waals surface area contributed by atoms with E-state index in [9.17, 15) is 13.2 Å². The summed E-state index contributed by atoms with van der Waals surface area (Å²) in [4.78, 5) is 13.2. The molecule has 0 aliphatic rings. The lowest BCUT2D eigenvalue weighted by Gasteiger charge is -2.31. The number of carbonyl (C=O) groups is 1. The van der Waals surface area contributed by atoms with E-state index in [1.807, 2.05) is 44.2 Å². The van der Waals surface area contributed by atoms with Crippen molar-refractivity contribution in [2.75, 3.05) is 18.4 Å². The maximum atomic E-state index is 13.1. The van der Waals surface area contributed by atoms with Gasteiger partial charge in [0.15, 0.2) is 0 Å². The number of benzene rings is 2. The molecule has 2 rings (SSSR count). The maximum absolute atomic E-state index is 13.1. The van der Waals surface area contributed by atoms with Crippen LogP contribution >= 0.6 is 12.4 Å². The summed E-state index contributed by atoms with van der Waals surface area (Å²) in [7, 11) is -3.66. The highest BCUT2D eigenvalue weighted by atomic mass is 35.5. The first-order chi connectivity index (χ1) is 12.9. The fourth-order valence-electron chi connectivity index (χ4n) is 3.14. The molecule has 0 heterocycles. The van der Waals surface area contributed by atoms with E-state index in [4.69, 9.17) is 5.73 Å². The van der Waals surface area contributed by atoms with Gasteiger partial charge < -0.3 is 11.1 Å². The SMILES string of the molecule is CCC(CC)(C(=O)Nc1cccc(S(=O)(=O)NCCN)c1)c1ccccc1.Cl. The van der Waals surface area contributed by atoms with Gasteiger partial charge in [0.2, 0.25) is 15.9 Å². The van der Waals surface area contributed by atoms with Gasteiger partial charge in [-0.25, -0.2) is 13.1 Å². The van der Waals surface area contributed by atoms with Crippen LogP contribution in [0.15, 0.2) is 59.5 Å². The number of rotatable bonds is 9. The maximum Gasteiger partial charge on any atom is 0.240 e. The molecule has 154 valence electrons. The minimum atomic E-state index is -3.66. The predicted molar refractivity (Wildman–Crippen MR) is 115 cm³/mol. The first-order valence-electron chi connectivity index (χ1n) is 9.06. The molecule has 0 unspecified atom stereocenters. The number of carbonyl (C=O) groups excluding carboxylic acids is 1. The molecule has 0 aromatic heterocycles. The van der Waals surface area contributed by atoms with Gasteiger partial charge in [0.1, 0.15) is 0 Å². The number of nitrogens with one attached hydrogen (secondary N) is 2. The van der Waals surface area contributed by atoms with Crippen LogP contribution in [0.3, 0.4) is 0 Å². The highest BCUT2D eigenvalue weighted by molar-refractivity contribution is 7.89. The van der Waals surface area contributed by atoms with Crippen molar-refractivity contribution in [2.24, 2.45) is 5.73 Å². The van der Waals surface area contributed by atoms with Crippen molar-refractivity contribution in [1.82, 2.24) is 4.72 Å². The number of amides is 1. The smallest absolute Gasteiger partial charge is 0.240 e. The van der Waals surface area contributed by atoms with Gasteiger partial charge in [0.05, 0.1) is 10.3 Å². The van der Waals surface area contributed by atoms with Gasteiger partial charge in [-0.05, 0) is 36.6 Å². The van der Waals surface area contributed by atoms with Crippen LogP contribution in [-0.4, -0.2) is 27.4 Å². The third-order valence-corrected chi connectivity index (χ3v) is 6.27. The van der Waals surface area contributed by atoms with Gasteiger partial charge in [-0.1, -0.05) is 50.2 Å². The largest absolute Gasteiger partial charge is 0.329 e. The summed E-state index contributed by atoms with van der Waals surface area (Å²) in [6, 6.07) is 15.9. The molecule has 4 N–H and O–H groups in total. The number of hydrogen-bond acceptors (Lipinski definition) is 4. The number of nitrogens with two attached hydrogens (primary N) is 1. The molecule has 0 atom stereocenters. The van der Waals surface area contributed by atoms with Crippen molar-refractivity contribution in [3.8, 4) is 0 Å². The van der Waals surface area contributed by atoms with Crippen molar-refractivity contribution < 1.29 is 13.2 Å². The highest BCUT2D eigenvalue weighted by Gasteiger charge is 2.36. The molecule has 0 bridgehead atoms. The zero-order chi connectivity index (χ0) is 19.9. The lowest BCUT2D eigenvalue weighted by Crippen LogP contribution is -2.39. The van der Waals surface area contributed by atoms with E-state index in [-0.39, 0.29) is 36.3 Å². The van der Waals surface area contributed by atoms with Crippen molar-refractivity contribution in [2.45, 2.75) is 37.0 Å². The van der Waals surface area contributed by atoms with Crippen molar-refractivity contribution in [3.63, 3.8) is 0 Å². The van der Waals surface area contributed by atoms with Gasteiger partial charge in [0, 0.05) is 18.8 Å². The van der Waals surface area contributed by atoms with Crippen LogP contribution in [0.2, 0.25) is 0 Å². The quantitative estimate of drug-likeness (QED) is 0.574. The Kier molecular flexibility index (Phi) is 9.10. The van der Waals surface area contributed by atoms with Gasteiger partial charge in [-0.15, -0.1) is 12.4 Å². The molecule has 8 heteroatoms. The zero-order valence-corrected chi connectivity index (χ0v) is 17.8. The van der Waals surface area contributed by atoms with Gasteiger partial charge >= 0.3 is 0 Å². The Bertz CT molecular complexity index is 869. The number of halogens is 1. The number of sulfonamides is 1. The molecule has 0 aliphatic heterocycles. The molecule has 0 fully saturated rings. The molecule has 0 saturated carbocycles. The van der Waals surface area contributed by atoms with Gasteiger partial charge in [-0.3, -0.25) is 4.79 Å². The lowest BCUT2D eigenvalue weighted by molar-refractivity contribution is -0.121. The van der Waals surface area contributed by atoms with Crippen molar-refractivity contribution in [1.29, 1.82) is 0 Å². The van der Waals surface area contributed by atoms with Gasteiger partial charge in [0.25, 0.3) is 0 Å². The monoisotopic (exact) mass is 425 g/mol. The summed E-state index contributed by atoms with van der Waals surface area (Å²) in [6.45, 7) is 4.32. The third-order valence-electron chi connectivity index (χ3n) is 4.81. The first-order valence-corrected chi connectivity index (χ1v) is 10.5. The molecular weight excluding hydrogens is 398 g/mol. The van der Waals surface area contributed by atoms with Crippen LogP contribution < -0.4 is 15.8 Å². The second-order valence-electron chi connectivity index (χ2n) is 6.32. The second kappa shape index (κ2) is 10.6. The van der Waals surface area contributed by atoms with Crippen LogP contribution in [-0.2, 0) is 20.2 Å². The Hall–Kier alpha value is -1.93. The van der Waals surface area contributed by atoms with Gasteiger partial charge in [-0.2, -0.15) is 0 Å². The fourth-order valence-corrected chi connectivity index (χ4v) is 4.23. The Morgan fingerprint density at radius 2 is 1.68 bits per heavy atom. The molecule has 28 heavy (non-hydrogen) atoms. The van der Waals surface area contributed by atoms with Crippen LogP contribution in [0.5, 0.6) is 0 Å². The molecular formula is C20H28ClN3O3S. The molecule has 0 aliphatic carbocycles. The average molecular weight is 426 g/mol. The third kappa shape index (κ3) is 5.32. The summed E-state index contributed by atoms with van der Waals surface area (Å²) in [6.07, 6.45) is 1.27. The molecule has 2 aromatic rings. The minimum absolute atomic E-state index is 0. The molecule has 0 radical (unpaired) electrons. The van der Waals surface area contributed by atoms with Crippen LogP contribution in [0.1, 0.15) is 32.3 Å². The fraction of sp³-hybridized carbons (Fsp3) is 0.350. The topological polar surface area (TPSA) is 101 Å². The van der Waals surface area contributed by atoms with E-state index in [1.165, 1.54) is 12.1 Å². The Morgan fingerprint density at radius 3 is 2.25 bits per heavy atom. The predicted octanol–water partition coefficient (Wildman–Crippen LogP) is 3.04. The summed E-state index contributed by atoms with van der Waals surface area (Å²) in [5, 5.41) is 2.90. The standard InChI is InChI=1S/C20H27N3O3S.ClH/c1-3-20(4-2,16-9-6-5-7-10-16)19(24)23-17-11-8-12-18(15-17)27(25,26)22-14-13-21;/h5-12,15,22H,3-4,13-14,21H2,1-2H3,(H,23,24);1H. The average Bonchev–Trinajstić information content (AvgIpc) is 2.69. The highest BCUT2D eigenvalue weighted by Crippen LogP contribution is 2.33. The van der Waals surface area contributed by atoms with E-state index in [0.29, 0.717) is 18.5 Å². The Balaban J connectivity index is 0.00000392. The van der Waals surface area contributed by atoms with Crippen LogP contribution in [0, 0.1) is 0 Å². The second-order valence-corrected chi connectivity index (χ2v) is 8.09. The summed E-state index contributed by atoms with van der Waals surface area (Å²) in [5.74, 6) is -0.150. The minimum Gasteiger partial charge on any atom is -0.329 e. The van der Waals surface area contributed by atoms with Crippen molar-refractivity contribution in [3.05, 3.63) is 60.2 Å². The molecule has 0 spiro atoms. The molecule has 6 nitrogen and oxygen atoms in total. The van der Waals surface area contributed by atoms with Crippen LogP contribution in [0.25, 0.3) is 0 Å². The van der Waals surface area contributed by atoms with E-state index >= 15 is 0 Å². The first kappa shape index (κ1) is 24.1. The van der Waals surface area contributed by atoms with Crippen LogP contribution in [0.4, 0.5) is 5.69 Å². The Morgan fingerprint density at radius 1 is 1.04 bits per heavy atom. The number of hydrogen-bond donors (Lipinski definition) is 3. The zero-order valence-electron chi connectivity index (χ0n) is 16.1. The summed E-state index contributed by atoms with van der Waals surface area (Å²) in [5.41, 5.74) is 6.07. The summed E-state index contributed by atoms with van der Waals surface area (Å²) >= 11 is 0. The normalized spacial score (nSPS) is 11.5. The molecule has 1 amide bonds. The lowest BCUT2D eigenvalue weighted by atomic mass is 9.75. The molecule has 2 aromatic carbocycles. The van der Waals surface area contributed by atoms with E-state index < -0.39 is 15.4 Å². The van der Waals surface area contributed by atoms with Crippen molar-refractivity contribution >= 4 is 34.0 Å². The summed E-state index contributed by atoms with van der Waals surface area (Å²) < 4.78 is 27.0. The molecule has 0 saturated heterocycles. The number of anilines is 1. The van der Waals surface area contributed by atoms with E-state index in [0.717, 1.165) is 5.56 Å². The Labute approximate surface area is 173 Å². The van der Waals surface area contributed by atoms with E-state index in [1.54, 1.807) is 12.1 Å².